The van der Waals surface area contributed by atoms with Crippen molar-refractivity contribution in [3.8, 4) is 0 Å². The second-order valence-electron chi connectivity index (χ2n) is 1.15. The first kappa shape index (κ1) is 7.10. The van der Waals surface area contributed by atoms with Gasteiger partial charge in [0.05, 0.1) is 0 Å². The Kier molecular flexibility index (Phi) is 4.33. The van der Waals surface area contributed by atoms with Gasteiger partial charge in [0.15, 0.2) is 0 Å². The van der Waals surface area contributed by atoms with Crippen molar-refractivity contribution in [3.63, 3.8) is 0 Å². The fraction of sp³-hybridized carbons (Fsp3) is 0. The molecule has 0 radical (unpaired) electrons. The molecule has 0 aliphatic heterocycles. The van der Waals surface area contributed by atoms with Gasteiger partial charge in [-0.15, -0.1) is 0 Å². The molecule has 0 saturated carbocycles. The van der Waals surface area contributed by atoms with E-state index in [4.69, 9.17) is 0 Å². The molecule has 1 heteroatoms. The number of benzene rings is 1. The molecule has 0 unspecified atom stereocenters. The van der Waals surface area contributed by atoms with Gasteiger partial charge in [-0.25, -0.2) is 0 Å². The minimum Gasteiger partial charge on any atom is -0.0623 e. The third kappa shape index (κ3) is 2.76. The molecule has 0 nitrogen and oxygen atoms in total. The molecule has 1 aromatic rings. The Labute approximate surface area is 62.7 Å². The predicted molar refractivity (Wildman–Crippen MR) is 26.4 cm³/mol. The van der Waals surface area contributed by atoms with Crippen molar-refractivity contribution in [1.82, 2.24) is 0 Å². The maximum atomic E-state index is 2.00. The van der Waals surface area contributed by atoms with Crippen LogP contribution in [0.25, 0.3) is 0 Å². The van der Waals surface area contributed by atoms with Crippen molar-refractivity contribution in [1.29, 1.82) is 0 Å². The molecule has 1 rings (SSSR count). The van der Waals surface area contributed by atoms with Crippen molar-refractivity contribution in [2.24, 2.45) is 0 Å². The second-order valence-corrected chi connectivity index (χ2v) is 1.15. The standard InChI is InChI=1S/C6H6.Zr/c1-2-4-6-5-3-1;/h1-6H;. The summed E-state index contributed by atoms with van der Waals surface area (Å²) in [6.07, 6.45) is 0. The molecule has 0 amide bonds. The van der Waals surface area contributed by atoms with E-state index in [0.717, 1.165) is 0 Å². The van der Waals surface area contributed by atoms with Gasteiger partial charge in [0.1, 0.15) is 0 Å². The van der Waals surface area contributed by atoms with Crippen molar-refractivity contribution in [3.05, 3.63) is 36.4 Å². The molecule has 1 aromatic carbocycles. The average Bonchev–Trinajstić information content (AvgIpc) is 1.72. The molecule has 0 aromatic heterocycles. The van der Waals surface area contributed by atoms with Crippen LogP contribution in [0.1, 0.15) is 0 Å². The molecule has 0 aliphatic rings. The zero-order chi connectivity index (χ0) is 4.24. The Bertz CT molecular complexity index is 76.1. The van der Waals surface area contributed by atoms with Crippen molar-refractivity contribution >= 4 is 0 Å². The van der Waals surface area contributed by atoms with Gasteiger partial charge in [0.2, 0.25) is 0 Å². The summed E-state index contributed by atoms with van der Waals surface area (Å²) in [4.78, 5) is 0. The SMILES string of the molecule is [Zr].c1ccccc1. The summed E-state index contributed by atoms with van der Waals surface area (Å²) in [7, 11) is 0. The summed E-state index contributed by atoms with van der Waals surface area (Å²) in [6, 6.07) is 12.0. The fourth-order valence-electron chi connectivity index (χ4n) is 0.385. The Morgan fingerprint density at radius 3 is 0.714 bits per heavy atom. The van der Waals surface area contributed by atoms with E-state index in [9.17, 15) is 0 Å². The van der Waals surface area contributed by atoms with Gasteiger partial charge in [-0.1, -0.05) is 36.4 Å². The van der Waals surface area contributed by atoms with Crippen LogP contribution in [-0.4, -0.2) is 0 Å². The van der Waals surface area contributed by atoms with Crippen LogP contribution in [0.15, 0.2) is 36.4 Å². The van der Waals surface area contributed by atoms with Crippen LogP contribution in [0.2, 0.25) is 0 Å². The molecule has 0 heterocycles. The van der Waals surface area contributed by atoms with Crippen molar-refractivity contribution in [2.75, 3.05) is 0 Å². The first-order valence-electron chi connectivity index (χ1n) is 2.00. The van der Waals surface area contributed by atoms with Crippen molar-refractivity contribution < 1.29 is 26.2 Å². The zero-order valence-corrected chi connectivity index (χ0v) is 6.42. The van der Waals surface area contributed by atoms with Crippen LogP contribution in [0.5, 0.6) is 0 Å². The molecule has 0 spiro atoms. The first-order valence-corrected chi connectivity index (χ1v) is 2.00. The predicted octanol–water partition coefficient (Wildman–Crippen LogP) is 1.68. The van der Waals surface area contributed by atoms with Crippen LogP contribution >= 0.6 is 0 Å². The number of rotatable bonds is 0. The Morgan fingerprint density at radius 2 is 0.571 bits per heavy atom. The molecule has 0 N–H and O–H groups in total. The number of hydrogen-bond donors (Lipinski definition) is 0. The van der Waals surface area contributed by atoms with E-state index < -0.39 is 0 Å². The van der Waals surface area contributed by atoms with Gasteiger partial charge in [0.25, 0.3) is 0 Å². The Balaban J connectivity index is 0.000000360. The van der Waals surface area contributed by atoms with Crippen LogP contribution in [-0.2, 0) is 26.2 Å². The van der Waals surface area contributed by atoms with Crippen molar-refractivity contribution in [2.45, 2.75) is 0 Å². The molecule has 0 aliphatic carbocycles. The molecule has 0 fully saturated rings. The maximum Gasteiger partial charge on any atom is 0 e. The monoisotopic (exact) mass is 168 g/mol. The van der Waals surface area contributed by atoms with Gasteiger partial charge in [0, 0.05) is 26.2 Å². The van der Waals surface area contributed by atoms with E-state index in [1.807, 2.05) is 36.4 Å². The van der Waals surface area contributed by atoms with Crippen LogP contribution in [0.3, 0.4) is 0 Å². The van der Waals surface area contributed by atoms with Gasteiger partial charge < -0.3 is 0 Å². The molecular weight excluding hydrogens is 163 g/mol. The third-order valence-electron chi connectivity index (χ3n) is 0.667. The maximum absolute atomic E-state index is 2.00. The molecule has 0 atom stereocenters. The van der Waals surface area contributed by atoms with Crippen LogP contribution < -0.4 is 0 Å². The zero-order valence-electron chi connectivity index (χ0n) is 3.96. The Hall–Kier alpha value is 0.103. The topological polar surface area (TPSA) is 0 Å². The van der Waals surface area contributed by atoms with E-state index in [0.29, 0.717) is 0 Å². The second kappa shape index (κ2) is 4.27. The van der Waals surface area contributed by atoms with Crippen LogP contribution in [0, 0.1) is 0 Å². The van der Waals surface area contributed by atoms with Gasteiger partial charge in [-0.3, -0.25) is 0 Å². The molecule has 0 bridgehead atoms. The van der Waals surface area contributed by atoms with E-state index in [1.165, 1.54) is 0 Å². The summed E-state index contributed by atoms with van der Waals surface area (Å²) < 4.78 is 0. The van der Waals surface area contributed by atoms with E-state index in [2.05, 4.69) is 0 Å². The summed E-state index contributed by atoms with van der Waals surface area (Å²) in [5.74, 6) is 0. The van der Waals surface area contributed by atoms with Gasteiger partial charge in [-0.2, -0.15) is 0 Å². The number of hydrogen-bond acceptors (Lipinski definition) is 0. The average molecular weight is 169 g/mol. The first-order chi connectivity index (χ1) is 3.00. The van der Waals surface area contributed by atoms with Gasteiger partial charge >= 0.3 is 0 Å². The quantitative estimate of drug-likeness (QED) is 0.554. The normalized spacial score (nSPS) is 6.86. The molecule has 7 heavy (non-hydrogen) atoms. The Morgan fingerprint density at radius 1 is 0.429 bits per heavy atom. The smallest absolute Gasteiger partial charge is 0 e. The molecule has 0 saturated heterocycles. The summed E-state index contributed by atoms with van der Waals surface area (Å²) in [6.45, 7) is 0. The minimum absolute atomic E-state index is 0. The summed E-state index contributed by atoms with van der Waals surface area (Å²) in [5.41, 5.74) is 0. The largest absolute Gasteiger partial charge is 0.0623 e. The molecule has 34 valence electrons. The fourth-order valence-corrected chi connectivity index (χ4v) is 0.385. The van der Waals surface area contributed by atoms with Crippen LogP contribution in [0.4, 0.5) is 0 Å². The molecular formula is C6H6Zr. The van der Waals surface area contributed by atoms with Gasteiger partial charge in [-0.05, 0) is 0 Å². The third-order valence-corrected chi connectivity index (χ3v) is 0.667. The van der Waals surface area contributed by atoms with E-state index >= 15 is 0 Å². The summed E-state index contributed by atoms with van der Waals surface area (Å²) >= 11 is 0. The minimum atomic E-state index is 0. The summed E-state index contributed by atoms with van der Waals surface area (Å²) in [5, 5.41) is 0. The van der Waals surface area contributed by atoms with E-state index in [1.54, 1.807) is 0 Å². The van der Waals surface area contributed by atoms with E-state index in [-0.39, 0.29) is 26.2 Å².